The van der Waals surface area contributed by atoms with Crippen LogP contribution in [-0.2, 0) is 0 Å². The fourth-order valence-electron chi connectivity index (χ4n) is 3.59. The third-order valence-corrected chi connectivity index (χ3v) is 5.96. The van der Waals surface area contributed by atoms with E-state index in [9.17, 15) is 0 Å². The molecule has 0 saturated carbocycles. The van der Waals surface area contributed by atoms with Gasteiger partial charge in [0.15, 0.2) is 0 Å². The van der Waals surface area contributed by atoms with Crippen molar-refractivity contribution in [1.29, 1.82) is 0 Å². The summed E-state index contributed by atoms with van der Waals surface area (Å²) in [6, 6.07) is 11.0. The average Bonchev–Trinajstić information content (AvgIpc) is 2.53. The normalized spacial score (nSPS) is 31.0. The lowest BCUT2D eigenvalue weighted by atomic mass is 9.96. The van der Waals surface area contributed by atoms with Gasteiger partial charge in [-0.1, -0.05) is 32.0 Å². The number of rotatable bonds is 3. The molecule has 2 aliphatic heterocycles. The van der Waals surface area contributed by atoms with Crippen molar-refractivity contribution in [2.45, 2.75) is 56.1 Å². The Balaban J connectivity index is 1.86. The zero-order valence-electron chi connectivity index (χ0n) is 12.6. The lowest BCUT2D eigenvalue weighted by Gasteiger charge is -2.46. The molecule has 0 radical (unpaired) electrons. The van der Waals surface area contributed by atoms with Crippen molar-refractivity contribution >= 4 is 11.8 Å². The molecule has 110 valence electrons. The zero-order chi connectivity index (χ0) is 13.9. The highest BCUT2D eigenvalue weighted by Crippen LogP contribution is 2.40. The smallest absolute Gasteiger partial charge is 0.0371 e. The lowest BCUT2D eigenvalue weighted by molar-refractivity contribution is 0.0734. The Kier molecular flexibility index (Phi) is 4.69. The quantitative estimate of drug-likeness (QED) is 0.914. The van der Waals surface area contributed by atoms with Crippen LogP contribution in [0.25, 0.3) is 0 Å². The molecule has 1 aromatic rings. The number of hydrogen-bond donors (Lipinski definition) is 1. The molecule has 20 heavy (non-hydrogen) atoms. The van der Waals surface area contributed by atoms with Gasteiger partial charge in [-0.05, 0) is 36.6 Å². The van der Waals surface area contributed by atoms with Crippen LogP contribution in [0.4, 0.5) is 0 Å². The van der Waals surface area contributed by atoms with E-state index in [2.05, 4.69) is 48.3 Å². The maximum Gasteiger partial charge on any atom is 0.0371 e. The molecule has 0 amide bonds. The average molecular weight is 290 g/mol. The number of nitrogens with one attached hydrogen (secondary N) is 1. The fraction of sp³-hybridized carbons (Fsp3) is 0.647. The number of thioether (sulfide) groups is 1. The Bertz CT molecular complexity index is 448. The Morgan fingerprint density at radius 3 is 2.90 bits per heavy atom. The molecule has 1 N–H and O–H groups in total. The van der Waals surface area contributed by atoms with Gasteiger partial charge in [0, 0.05) is 36.1 Å². The molecule has 0 aromatic heterocycles. The molecule has 0 spiro atoms. The molecule has 1 saturated heterocycles. The summed E-state index contributed by atoms with van der Waals surface area (Å²) in [5.41, 5.74) is 1.57. The molecule has 3 unspecified atom stereocenters. The van der Waals surface area contributed by atoms with Crippen LogP contribution in [-0.4, -0.2) is 35.8 Å². The molecule has 2 nitrogen and oxygen atoms in total. The van der Waals surface area contributed by atoms with Gasteiger partial charge in [-0.15, -0.1) is 11.8 Å². The summed E-state index contributed by atoms with van der Waals surface area (Å²) in [7, 11) is 0. The van der Waals surface area contributed by atoms with Crippen LogP contribution in [0, 0.1) is 0 Å². The minimum Gasteiger partial charge on any atom is -0.311 e. The molecular weight excluding hydrogens is 264 g/mol. The number of fused-ring (bicyclic) bond motifs is 1. The zero-order valence-corrected chi connectivity index (χ0v) is 13.5. The third kappa shape index (κ3) is 2.76. The number of piperazine rings is 1. The van der Waals surface area contributed by atoms with Gasteiger partial charge in [0.2, 0.25) is 0 Å². The van der Waals surface area contributed by atoms with E-state index >= 15 is 0 Å². The van der Waals surface area contributed by atoms with Crippen LogP contribution in [0.2, 0.25) is 0 Å². The Morgan fingerprint density at radius 1 is 1.25 bits per heavy atom. The van der Waals surface area contributed by atoms with Crippen LogP contribution in [0.5, 0.6) is 0 Å². The predicted molar refractivity (Wildman–Crippen MR) is 87.4 cm³/mol. The van der Waals surface area contributed by atoms with Gasteiger partial charge in [-0.2, -0.15) is 0 Å². The molecule has 0 bridgehead atoms. The van der Waals surface area contributed by atoms with Crippen LogP contribution < -0.4 is 5.32 Å². The summed E-state index contributed by atoms with van der Waals surface area (Å²) in [5, 5.41) is 3.72. The van der Waals surface area contributed by atoms with E-state index in [-0.39, 0.29) is 0 Å². The maximum absolute atomic E-state index is 3.72. The molecule has 2 heterocycles. The van der Waals surface area contributed by atoms with Gasteiger partial charge in [-0.3, -0.25) is 4.90 Å². The highest BCUT2D eigenvalue weighted by atomic mass is 32.2. The van der Waals surface area contributed by atoms with E-state index in [1.807, 2.05) is 11.8 Å². The second-order valence-corrected chi connectivity index (χ2v) is 7.10. The van der Waals surface area contributed by atoms with E-state index in [4.69, 9.17) is 0 Å². The minimum atomic E-state index is 0.633. The van der Waals surface area contributed by atoms with E-state index in [0.717, 1.165) is 6.54 Å². The molecule has 3 heteroatoms. The molecule has 1 aromatic carbocycles. The highest BCUT2D eigenvalue weighted by molar-refractivity contribution is 7.99. The predicted octanol–water partition coefficient (Wildman–Crippen LogP) is 3.69. The molecule has 1 fully saturated rings. The van der Waals surface area contributed by atoms with Gasteiger partial charge in [0.25, 0.3) is 0 Å². The summed E-state index contributed by atoms with van der Waals surface area (Å²) in [5.74, 6) is 1.26. The van der Waals surface area contributed by atoms with Crippen molar-refractivity contribution in [1.82, 2.24) is 10.2 Å². The van der Waals surface area contributed by atoms with Crippen LogP contribution in [0.1, 0.15) is 44.7 Å². The lowest BCUT2D eigenvalue weighted by Crippen LogP contribution is -2.57. The molecule has 2 aliphatic rings. The Morgan fingerprint density at radius 2 is 2.10 bits per heavy atom. The first-order chi connectivity index (χ1) is 9.83. The summed E-state index contributed by atoms with van der Waals surface area (Å²) < 4.78 is 0. The molecule has 3 rings (SSSR count). The summed E-state index contributed by atoms with van der Waals surface area (Å²) in [4.78, 5) is 4.30. The summed E-state index contributed by atoms with van der Waals surface area (Å²) in [6.07, 6.45) is 3.78. The van der Waals surface area contributed by atoms with Gasteiger partial charge in [0.1, 0.15) is 0 Å². The highest BCUT2D eigenvalue weighted by Gasteiger charge is 2.34. The van der Waals surface area contributed by atoms with Crippen molar-refractivity contribution in [2.75, 3.05) is 18.8 Å². The second kappa shape index (κ2) is 6.50. The standard InChI is InChI=1S/C17H26N2S/c1-3-13-12-19(14(4-2)11-18-13)16-9-10-20-17-8-6-5-7-15(16)17/h5-8,13-14,16,18H,3-4,9-12H2,1-2H3. The number of nitrogens with zero attached hydrogens (tertiary/aromatic N) is 1. The Hall–Kier alpha value is -0.510. The van der Waals surface area contributed by atoms with Crippen molar-refractivity contribution in [3.63, 3.8) is 0 Å². The molecule has 3 atom stereocenters. The monoisotopic (exact) mass is 290 g/mol. The number of benzene rings is 1. The van der Waals surface area contributed by atoms with Gasteiger partial charge in [0.05, 0.1) is 0 Å². The largest absolute Gasteiger partial charge is 0.311 e. The van der Waals surface area contributed by atoms with E-state index in [1.54, 1.807) is 5.56 Å². The first-order valence-corrected chi connectivity index (χ1v) is 9.02. The van der Waals surface area contributed by atoms with E-state index in [1.165, 1.54) is 36.5 Å². The first-order valence-electron chi connectivity index (χ1n) is 8.04. The van der Waals surface area contributed by atoms with Crippen molar-refractivity contribution in [2.24, 2.45) is 0 Å². The van der Waals surface area contributed by atoms with Crippen LogP contribution in [0.15, 0.2) is 29.2 Å². The molecule has 0 aliphatic carbocycles. The maximum atomic E-state index is 3.72. The number of hydrogen-bond acceptors (Lipinski definition) is 3. The summed E-state index contributed by atoms with van der Waals surface area (Å²) in [6.45, 7) is 6.99. The SMILES string of the molecule is CCC1CN(C2CCSc3ccccc32)C(CC)CN1. The van der Waals surface area contributed by atoms with Gasteiger partial charge < -0.3 is 5.32 Å². The minimum absolute atomic E-state index is 0.633. The van der Waals surface area contributed by atoms with E-state index < -0.39 is 0 Å². The van der Waals surface area contributed by atoms with Crippen LogP contribution in [0.3, 0.4) is 0 Å². The summed E-state index contributed by atoms with van der Waals surface area (Å²) >= 11 is 2.03. The van der Waals surface area contributed by atoms with Gasteiger partial charge in [-0.25, -0.2) is 0 Å². The van der Waals surface area contributed by atoms with E-state index in [0.29, 0.717) is 18.1 Å². The van der Waals surface area contributed by atoms with Crippen molar-refractivity contribution < 1.29 is 0 Å². The first kappa shape index (κ1) is 14.4. The fourth-order valence-corrected chi connectivity index (χ4v) is 4.70. The van der Waals surface area contributed by atoms with Crippen LogP contribution >= 0.6 is 11.8 Å². The third-order valence-electron chi connectivity index (χ3n) is 4.83. The topological polar surface area (TPSA) is 15.3 Å². The van der Waals surface area contributed by atoms with Crippen molar-refractivity contribution in [3.8, 4) is 0 Å². The second-order valence-electron chi connectivity index (χ2n) is 5.96. The molecular formula is C17H26N2S. The van der Waals surface area contributed by atoms with Crippen molar-refractivity contribution in [3.05, 3.63) is 29.8 Å². The Labute approximate surface area is 127 Å². The van der Waals surface area contributed by atoms with Gasteiger partial charge >= 0.3 is 0 Å².